The van der Waals surface area contributed by atoms with E-state index in [1.807, 2.05) is 15.9 Å². The number of amides is 1. The van der Waals surface area contributed by atoms with Gasteiger partial charge in [-0.15, -0.1) is 17.9 Å². The first-order valence-electron chi connectivity index (χ1n) is 11.4. The van der Waals surface area contributed by atoms with Crippen LogP contribution in [0.15, 0.2) is 42.3 Å². The minimum absolute atomic E-state index is 0.0735. The van der Waals surface area contributed by atoms with Crippen molar-refractivity contribution in [3.8, 4) is 5.75 Å². The molecule has 32 heavy (non-hydrogen) atoms. The van der Waals surface area contributed by atoms with Crippen LogP contribution in [0.2, 0.25) is 0 Å². The number of aliphatic hydroxyl groups is 1. The molecule has 0 saturated carbocycles. The van der Waals surface area contributed by atoms with Crippen molar-refractivity contribution < 1.29 is 14.6 Å². The summed E-state index contributed by atoms with van der Waals surface area (Å²) in [4.78, 5) is 18.8. The Morgan fingerprint density at radius 1 is 1.41 bits per heavy atom. The number of carbonyl (C=O) groups is 1. The monoisotopic (exact) mass is 456 g/mol. The highest BCUT2D eigenvalue weighted by molar-refractivity contribution is 7.10. The molecule has 1 N–H and O–H groups in total. The lowest BCUT2D eigenvalue weighted by Gasteiger charge is -2.38. The summed E-state index contributed by atoms with van der Waals surface area (Å²) in [5.74, 6) is 0.935. The zero-order valence-corrected chi connectivity index (χ0v) is 20.6. The average molecular weight is 457 g/mol. The van der Waals surface area contributed by atoms with Gasteiger partial charge >= 0.3 is 0 Å². The standard InChI is InChI=1S/C26H36N2O3S/c1-6-12-27(18-26(5,30)7-2)16-25(29)28-13-10-24-21(11-14-32-24)22(28)17-31-23-9-8-19(3)15-20(23)4/h7-9,11,14-15,22,30H,2,6,10,12-13,16-18H2,1,3-5H3. The number of carbonyl (C=O) groups excluding carboxylic acids is 1. The van der Waals surface area contributed by atoms with Gasteiger partial charge in [0.25, 0.3) is 0 Å². The van der Waals surface area contributed by atoms with Gasteiger partial charge in [0.05, 0.1) is 18.2 Å². The molecule has 2 heterocycles. The van der Waals surface area contributed by atoms with Crippen LogP contribution >= 0.6 is 11.3 Å². The highest BCUT2D eigenvalue weighted by Crippen LogP contribution is 2.34. The molecule has 0 bridgehead atoms. The fraction of sp³-hybridized carbons (Fsp3) is 0.500. The first-order valence-corrected chi connectivity index (χ1v) is 12.3. The lowest BCUT2D eigenvalue weighted by atomic mass is 10.00. The predicted molar refractivity (Wildman–Crippen MR) is 131 cm³/mol. The van der Waals surface area contributed by atoms with Crippen LogP contribution in [-0.2, 0) is 11.2 Å². The highest BCUT2D eigenvalue weighted by Gasteiger charge is 2.33. The second-order valence-corrected chi connectivity index (χ2v) is 10.0. The lowest BCUT2D eigenvalue weighted by molar-refractivity contribution is -0.136. The summed E-state index contributed by atoms with van der Waals surface area (Å²) in [6.45, 7) is 14.2. The molecule has 1 aliphatic heterocycles. The van der Waals surface area contributed by atoms with Crippen LogP contribution in [0, 0.1) is 13.8 Å². The van der Waals surface area contributed by atoms with Crippen molar-refractivity contribution >= 4 is 17.2 Å². The molecule has 0 saturated heterocycles. The molecule has 5 nitrogen and oxygen atoms in total. The molecule has 2 unspecified atom stereocenters. The van der Waals surface area contributed by atoms with Crippen LogP contribution in [0.3, 0.4) is 0 Å². The van der Waals surface area contributed by atoms with Gasteiger partial charge in [0.1, 0.15) is 12.4 Å². The van der Waals surface area contributed by atoms with E-state index in [4.69, 9.17) is 4.74 Å². The van der Waals surface area contributed by atoms with Crippen molar-refractivity contribution in [3.05, 3.63) is 63.9 Å². The molecule has 1 amide bonds. The van der Waals surface area contributed by atoms with E-state index in [0.717, 1.165) is 30.7 Å². The van der Waals surface area contributed by atoms with Gasteiger partial charge in [-0.3, -0.25) is 9.69 Å². The van der Waals surface area contributed by atoms with E-state index in [1.165, 1.54) is 16.0 Å². The smallest absolute Gasteiger partial charge is 0.237 e. The molecule has 0 radical (unpaired) electrons. The zero-order valence-electron chi connectivity index (χ0n) is 19.8. The van der Waals surface area contributed by atoms with E-state index in [0.29, 0.717) is 19.7 Å². The Balaban J connectivity index is 1.76. The molecule has 174 valence electrons. The summed E-state index contributed by atoms with van der Waals surface area (Å²) in [6.07, 6.45) is 3.32. The van der Waals surface area contributed by atoms with Gasteiger partial charge < -0.3 is 14.7 Å². The second kappa shape index (κ2) is 10.6. The zero-order chi connectivity index (χ0) is 23.3. The summed E-state index contributed by atoms with van der Waals surface area (Å²) in [5, 5.41) is 12.6. The fourth-order valence-electron chi connectivity index (χ4n) is 4.33. The minimum Gasteiger partial charge on any atom is -0.491 e. The SMILES string of the molecule is C=CC(C)(O)CN(CCC)CC(=O)N1CCc2sccc2C1COc1ccc(C)cc1C. The van der Waals surface area contributed by atoms with Crippen molar-refractivity contribution in [2.24, 2.45) is 0 Å². The Hall–Kier alpha value is -2.15. The predicted octanol–water partition coefficient (Wildman–Crippen LogP) is 4.52. The minimum atomic E-state index is -1.02. The van der Waals surface area contributed by atoms with Gasteiger partial charge in [-0.2, -0.15) is 0 Å². The van der Waals surface area contributed by atoms with Gasteiger partial charge in [-0.25, -0.2) is 0 Å². The van der Waals surface area contributed by atoms with E-state index >= 15 is 0 Å². The summed E-state index contributed by atoms with van der Waals surface area (Å²) in [7, 11) is 0. The molecule has 0 spiro atoms. The number of hydrogen-bond acceptors (Lipinski definition) is 5. The molecule has 1 aliphatic rings. The third-order valence-corrected chi connectivity index (χ3v) is 7.02. The summed E-state index contributed by atoms with van der Waals surface area (Å²) < 4.78 is 6.23. The average Bonchev–Trinajstić information content (AvgIpc) is 3.22. The van der Waals surface area contributed by atoms with Crippen molar-refractivity contribution in [1.82, 2.24) is 9.80 Å². The van der Waals surface area contributed by atoms with Gasteiger partial charge in [-0.1, -0.05) is 30.7 Å². The molecule has 6 heteroatoms. The van der Waals surface area contributed by atoms with Crippen molar-refractivity contribution in [2.75, 3.05) is 32.8 Å². The third kappa shape index (κ3) is 6.00. The summed E-state index contributed by atoms with van der Waals surface area (Å²) in [6, 6.07) is 8.19. The largest absolute Gasteiger partial charge is 0.491 e. The first-order chi connectivity index (χ1) is 15.2. The van der Waals surface area contributed by atoms with Crippen LogP contribution in [0.5, 0.6) is 5.75 Å². The van der Waals surface area contributed by atoms with Crippen LogP contribution in [0.1, 0.15) is 47.9 Å². The van der Waals surface area contributed by atoms with Crippen LogP contribution in [0.25, 0.3) is 0 Å². The number of nitrogens with zero attached hydrogens (tertiary/aromatic N) is 2. The van der Waals surface area contributed by atoms with E-state index in [2.05, 4.69) is 50.9 Å². The number of rotatable bonds is 10. The Bertz CT molecular complexity index is 937. The number of hydrogen-bond donors (Lipinski definition) is 1. The Morgan fingerprint density at radius 3 is 2.88 bits per heavy atom. The van der Waals surface area contributed by atoms with E-state index in [1.54, 1.807) is 24.3 Å². The first kappa shape index (κ1) is 24.5. The molecule has 0 fully saturated rings. The van der Waals surface area contributed by atoms with E-state index in [9.17, 15) is 9.90 Å². The van der Waals surface area contributed by atoms with E-state index in [-0.39, 0.29) is 18.5 Å². The third-order valence-electron chi connectivity index (χ3n) is 6.02. The topological polar surface area (TPSA) is 53.0 Å². The Kier molecular flexibility index (Phi) is 8.15. The maximum absolute atomic E-state index is 13.4. The normalized spacial score (nSPS) is 17.7. The van der Waals surface area contributed by atoms with Crippen molar-refractivity contribution in [3.63, 3.8) is 0 Å². The van der Waals surface area contributed by atoms with Crippen LogP contribution < -0.4 is 4.74 Å². The van der Waals surface area contributed by atoms with Gasteiger partial charge in [0.15, 0.2) is 0 Å². The fourth-order valence-corrected chi connectivity index (χ4v) is 5.26. The molecule has 0 aliphatic carbocycles. The number of aryl methyl sites for hydroxylation is 2. The van der Waals surface area contributed by atoms with E-state index < -0.39 is 5.60 Å². The van der Waals surface area contributed by atoms with Crippen molar-refractivity contribution in [1.29, 1.82) is 0 Å². The maximum Gasteiger partial charge on any atom is 0.237 e. The molecule has 1 aromatic carbocycles. The maximum atomic E-state index is 13.4. The lowest BCUT2D eigenvalue weighted by Crippen LogP contribution is -2.49. The molecule has 2 aromatic rings. The van der Waals surface area contributed by atoms with Gasteiger partial charge in [0.2, 0.25) is 5.91 Å². The number of ether oxygens (including phenoxy) is 1. The molecule has 2 atom stereocenters. The quantitative estimate of drug-likeness (QED) is 0.534. The summed E-state index contributed by atoms with van der Waals surface area (Å²) >= 11 is 1.75. The number of benzene rings is 1. The molecule has 1 aromatic heterocycles. The second-order valence-electron chi connectivity index (χ2n) is 9.00. The molecular formula is C26H36N2O3S. The highest BCUT2D eigenvalue weighted by atomic mass is 32.1. The molecular weight excluding hydrogens is 420 g/mol. The Labute approximate surface area is 196 Å². The number of thiophene rings is 1. The van der Waals surface area contributed by atoms with Crippen LogP contribution in [0.4, 0.5) is 0 Å². The van der Waals surface area contributed by atoms with Crippen LogP contribution in [-0.4, -0.2) is 59.2 Å². The van der Waals surface area contributed by atoms with Gasteiger partial charge in [0, 0.05) is 18.0 Å². The molecule has 3 rings (SSSR count). The number of fused-ring (bicyclic) bond motifs is 1. The van der Waals surface area contributed by atoms with Crippen molar-refractivity contribution in [2.45, 2.75) is 52.2 Å². The Morgan fingerprint density at radius 2 is 2.19 bits per heavy atom. The van der Waals surface area contributed by atoms with Gasteiger partial charge in [-0.05, 0) is 68.8 Å². The summed E-state index contributed by atoms with van der Waals surface area (Å²) in [5.41, 5.74) is 2.48.